The molecule has 4 rings (SSSR count). The van der Waals surface area contributed by atoms with Gasteiger partial charge in [0.25, 0.3) is 0 Å². The number of nitrogens with one attached hydrogen (secondary N) is 1. The predicted molar refractivity (Wildman–Crippen MR) is 148 cm³/mol. The number of nitrogens with zero attached hydrogens (tertiary/aromatic N) is 2. The van der Waals surface area contributed by atoms with Crippen LogP contribution >= 0.6 is 0 Å². The van der Waals surface area contributed by atoms with Crippen molar-refractivity contribution in [3.8, 4) is 17.2 Å². The fraction of sp³-hybridized carbons (Fsp3) is 0.536. The molecule has 1 N–H and O–H groups in total. The van der Waals surface area contributed by atoms with Crippen molar-refractivity contribution in [3.05, 3.63) is 47.5 Å². The molecule has 1 heterocycles. The first-order valence-corrected chi connectivity index (χ1v) is 14.9. The third-order valence-electron chi connectivity index (χ3n) is 6.93. The van der Waals surface area contributed by atoms with E-state index in [1.54, 1.807) is 19.1 Å². The second kappa shape index (κ2) is 12.7. The summed E-state index contributed by atoms with van der Waals surface area (Å²) in [6, 6.07) is 11.1. The quantitative estimate of drug-likeness (QED) is 0.346. The van der Waals surface area contributed by atoms with Gasteiger partial charge in [-0.3, -0.25) is 4.90 Å². The van der Waals surface area contributed by atoms with Gasteiger partial charge in [-0.25, -0.2) is 17.9 Å². The number of anilines is 1. The molecule has 2 amide bonds. The van der Waals surface area contributed by atoms with E-state index in [0.717, 1.165) is 55.3 Å². The summed E-state index contributed by atoms with van der Waals surface area (Å²) < 4.78 is 44.1. The molecular formula is C28H39N3O6S. The molecule has 2 fully saturated rings. The highest BCUT2D eigenvalue weighted by Gasteiger charge is 2.35. The van der Waals surface area contributed by atoms with E-state index in [1.165, 1.54) is 0 Å². The van der Waals surface area contributed by atoms with E-state index in [9.17, 15) is 13.2 Å². The zero-order valence-electron chi connectivity index (χ0n) is 22.6. The molecule has 208 valence electrons. The monoisotopic (exact) mass is 545 g/mol. The topological polar surface area (TPSA) is 97.4 Å². The van der Waals surface area contributed by atoms with Crippen LogP contribution in [-0.4, -0.2) is 58.5 Å². The Bertz CT molecular complexity index is 1220. The minimum atomic E-state index is -3.26. The molecule has 0 atom stereocenters. The van der Waals surface area contributed by atoms with E-state index in [-0.39, 0.29) is 17.8 Å². The van der Waals surface area contributed by atoms with E-state index in [1.807, 2.05) is 41.3 Å². The van der Waals surface area contributed by atoms with Gasteiger partial charge in [0.15, 0.2) is 11.5 Å². The molecule has 0 spiro atoms. The summed E-state index contributed by atoms with van der Waals surface area (Å²) in [5.74, 6) is 1.92. The van der Waals surface area contributed by atoms with Crippen molar-refractivity contribution in [2.75, 3.05) is 38.8 Å². The lowest BCUT2D eigenvalue weighted by molar-refractivity contribution is 0.191. The van der Waals surface area contributed by atoms with Crippen molar-refractivity contribution in [1.29, 1.82) is 0 Å². The fourth-order valence-electron chi connectivity index (χ4n) is 4.56. The molecule has 2 aliphatic rings. The number of hydrogen-bond donors (Lipinski definition) is 1. The predicted octanol–water partition coefficient (Wildman–Crippen LogP) is 4.69. The number of carbonyl (C=O) groups excluding carboxylic acids is 1. The first kappa shape index (κ1) is 28.0. The summed E-state index contributed by atoms with van der Waals surface area (Å²) >= 11 is 0. The summed E-state index contributed by atoms with van der Waals surface area (Å²) in [4.78, 5) is 17.1. The first-order valence-electron chi connectivity index (χ1n) is 13.4. The molecule has 1 saturated heterocycles. The van der Waals surface area contributed by atoms with Gasteiger partial charge in [0.2, 0.25) is 10.0 Å². The van der Waals surface area contributed by atoms with E-state index in [2.05, 4.69) is 11.6 Å². The van der Waals surface area contributed by atoms with E-state index in [0.29, 0.717) is 43.5 Å². The van der Waals surface area contributed by atoms with Gasteiger partial charge in [-0.1, -0.05) is 31.9 Å². The minimum Gasteiger partial charge on any atom is -0.496 e. The van der Waals surface area contributed by atoms with Crippen LogP contribution in [-0.2, 0) is 23.1 Å². The van der Waals surface area contributed by atoms with Gasteiger partial charge in [0.05, 0.1) is 32.6 Å². The first-order chi connectivity index (χ1) is 18.4. The Morgan fingerprint density at radius 2 is 1.76 bits per heavy atom. The lowest BCUT2D eigenvalue weighted by atomic mass is 10.1. The molecule has 1 saturated carbocycles. The number of hydrogen-bond acceptors (Lipinski definition) is 6. The molecular weight excluding hydrogens is 506 g/mol. The summed E-state index contributed by atoms with van der Waals surface area (Å²) in [5, 5.41) is -0.258. The Morgan fingerprint density at radius 1 is 0.974 bits per heavy atom. The van der Waals surface area contributed by atoms with Crippen molar-refractivity contribution in [2.24, 2.45) is 0 Å². The summed E-state index contributed by atoms with van der Waals surface area (Å²) in [6.07, 6.45) is 5.46. The van der Waals surface area contributed by atoms with Crippen LogP contribution in [0.25, 0.3) is 0 Å². The Hall–Kier alpha value is -2.98. The zero-order chi connectivity index (χ0) is 27.1. The number of carbonyl (C=O) groups is 1. The number of methoxy groups -OCH3 is 2. The molecule has 9 nitrogen and oxygen atoms in total. The van der Waals surface area contributed by atoms with Crippen LogP contribution in [0.3, 0.4) is 0 Å². The molecule has 1 aliphatic carbocycles. The Labute approximate surface area is 226 Å². The van der Waals surface area contributed by atoms with Crippen LogP contribution < -0.4 is 23.8 Å². The minimum absolute atomic E-state index is 0.0818. The van der Waals surface area contributed by atoms with Crippen LogP contribution in [0.4, 0.5) is 10.5 Å². The summed E-state index contributed by atoms with van der Waals surface area (Å²) in [5.41, 5.74) is 2.45. The van der Waals surface area contributed by atoms with E-state index < -0.39 is 10.0 Å². The third-order valence-corrected chi connectivity index (χ3v) is 8.82. The number of sulfonamides is 1. The Morgan fingerprint density at radius 3 is 2.47 bits per heavy atom. The fourth-order valence-corrected chi connectivity index (χ4v) is 5.92. The van der Waals surface area contributed by atoms with Gasteiger partial charge < -0.3 is 19.1 Å². The SMILES string of the molecule is CCCCCOc1cc(N2CCCN(Cc3ccc(CNS(=O)(=O)C4CC4)cc3OC)C2=O)ccc1OC. The number of urea groups is 1. The molecule has 2 aromatic carbocycles. The van der Waals surface area contributed by atoms with Crippen LogP contribution in [0, 0.1) is 0 Å². The van der Waals surface area contributed by atoms with Crippen molar-refractivity contribution >= 4 is 21.7 Å². The number of benzene rings is 2. The summed E-state index contributed by atoms with van der Waals surface area (Å²) in [6.45, 7) is 4.62. The van der Waals surface area contributed by atoms with Crippen molar-refractivity contribution < 1.29 is 27.4 Å². The largest absolute Gasteiger partial charge is 0.496 e. The van der Waals surface area contributed by atoms with Crippen molar-refractivity contribution in [1.82, 2.24) is 9.62 Å². The molecule has 2 aromatic rings. The van der Waals surface area contributed by atoms with Crippen molar-refractivity contribution in [3.63, 3.8) is 0 Å². The molecule has 1 aliphatic heterocycles. The maximum absolute atomic E-state index is 13.5. The smallest absolute Gasteiger partial charge is 0.324 e. The van der Waals surface area contributed by atoms with Gasteiger partial charge in [-0.2, -0.15) is 0 Å². The molecule has 10 heteroatoms. The number of amides is 2. The van der Waals surface area contributed by atoms with Gasteiger partial charge in [0, 0.05) is 37.0 Å². The van der Waals surface area contributed by atoms with Crippen molar-refractivity contribution in [2.45, 2.75) is 63.8 Å². The van der Waals surface area contributed by atoms with E-state index in [4.69, 9.17) is 14.2 Å². The lowest BCUT2D eigenvalue weighted by Gasteiger charge is -2.36. The molecule has 0 aromatic heterocycles. The second-order valence-corrected chi connectivity index (χ2v) is 11.9. The Kier molecular flexibility index (Phi) is 9.38. The number of ether oxygens (including phenoxy) is 3. The molecule has 38 heavy (non-hydrogen) atoms. The van der Waals surface area contributed by atoms with E-state index >= 15 is 0 Å². The average molecular weight is 546 g/mol. The maximum atomic E-state index is 13.5. The van der Waals surface area contributed by atoms with Gasteiger partial charge in [-0.15, -0.1) is 0 Å². The van der Waals surface area contributed by atoms with Crippen LogP contribution in [0.2, 0.25) is 0 Å². The number of rotatable bonds is 14. The van der Waals surface area contributed by atoms with Crippen LogP contribution in [0.5, 0.6) is 17.2 Å². The van der Waals surface area contributed by atoms with Crippen LogP contribution in [0.1, 0.15) is 56.6 Å². The Balaban J connectivity index is 1.44. The van der Waals surface area contributed by atoms with Gasteiger partial charge in [-0.05, 0) is 49.4 Å². The highest BCUT2D eigenvalue weighted by molar-refractivity contribution is 7.90. The normalized spacial score (nSPS) is 16.0. The van der Waals surface area contributed by atoms with Gasteiger partial charge >= 0.3 is 6.03 Å². The zero-order valence-corrected chi connectivity index (χ0v) is 23.4. The average Bonchev–Trinajstić information content (AvgIpc) is 3.78. The number of unbranched alkanes of at least 4 members (excludes halogenated alkanes) is 2. The second-order valence-electron chi connectivity index (χ2n) is 9.81. The highest BCUT2D eigenvalue weighted by Crippen LogP contribution is 2.34. The summed E-state index contributed by atoms with van der Waals surface area (Å²) in [7, 11) is -0.0617. The maximum Gasteiger partial charge on any atom is 0.324 e. The molecule has 0 bridgehead atoms. The van der Waals surface area contributed by atoms with Crippen LogP contribution in [0.15, 0.2) is 36.4 Å². The third kappa shape index (κ3) is 6.91. The van der Waals surface area contributed by atoms with Gasteiger partial charge in [0.1, 0.15) is 5.75 Å². The standard InChI is InChI=1S/C28H39N3O6S/c1-4-5-6-16-37-27-18-23(10-13-25(27)35-2)31-15-7-14-30(28(31)32)20-22-9-8-21(17-26(22)36-3)19-29-38(33,34)24-11-12-24/h8-10,13,17-18,24,29H,4-7,11-12,14-16,19-20H2,1-3H3. The lowest BCUT2D eigenvalue weighted by Crippen LogP contribution is -2.49. The molecule has 0 radical (unpaired) electrons. The molecule has 0 unspecified atom stereocenters. The highest BCUT2D eigenvalue weighted by atomic mass is 32.2.